The summed E-state index contributed by atoms with van der Waals surface area (Å²) in [5, 5.41) is 7.98. The molecule has 1 N–H and O–H groups in total. The lowest BCUT2D eigenvalue weighted by Gasteiger charge is -2.07. The van der Waals surface area contributed by atoms with Crippen molar-refractivity contribution in [1.29, 1.82) is 0 Å². The summed E-state index contributed by atoms with van der Waals surface area (Å²) in [6.07, 6.45) is 3.02. The van der Waals surface area contributed by atoms with Crippen LogP contribution in [0.4, 0.5) is 0 Å². The number of carbonyl (C=O) groups excluding carboxylic acids is 1. The van der Waals surface area contributed by atoms with E-state index in [1.807, 2.05) is 12.1 Å². The Labute approximate surface area is 142 Å². The number of aromatic nitrogens is 4. The van der Waals surface area contributed by atoms with Crippen LogP contribution in [0.25, 0.3) is 11.0 Å². The summed E-state index contributed by atoms with van der Waals surface area (Å²) in [6, 6.07) is 7.31. The Hall–Kier alpha value is -2.67. The molecule has 0 bridgehead atoms. The van der Waals surface area contributed by atoms with Gasteiger partial charge in [-0.05, 0) is 17.7 Å². The first-order valence-electron chi connectivity index (χ1n) is 7.44. The molecule has 0 spiro atoms. The molecular formula is C16H16ClN5O2. The van der Waals surface area contributed by atoms with Gasteiger partial charge < -0.3 is 5.32 Å². The van der Waals surface area contributed by atoms with E-state index in [1.165, 1.54) is 24.0 Å². The van der Waals surface area contributed by atoms with E-state index in [0.29, 0.717) is 35.7 Å². The number of hydrogen-bond acceptors (Lipinski definition) is 4. The zero-order valence-electron chi connectivity index (χ0n) is 13.1. The first-order valence-corrected chi connectivity index (χ1v) is 7.82. The smallest absolute Gasteiger partial charge is 0.264 e. The highest BCUT2D eigenvalue weighted by atomic mass is 35.5. The van der Waals surface area contributed by atoms with E-state index in [9.17, 15) is 9.59 Å². The zero-order chi connectivity index (χ0) is 17.1. The van der Waals surface area contributed by atoms with Crippen molar-refractivity contribution < 1.29 is 4.79 Å². The monoisotopic (exact) mass is 345 g/mol. The molecule has 24 heavy (non-hydrogen) atoms. The Morgan fingerprint density at radius 1 is 1.29 bits per heavy atom. The van der Waals surface area contributed by atoms with E-state index in [1.54, 1.807) is 16.8 Å². The van der Waals surface area contributed by atoms with Crippen molar-refractivity contribution in [2.75, 3.05) is 6.54 Å². The molecule has 3 aromatic rings. The number of rotatable bonds is 5. The van der Waals surface area contributed by atoms with E-state index in [4.69, 9.17) is 11.6 Å². The van der Waals surface area contributed by atoms with Crippen molar-refractivity contribution in [2.24, 2.45) is 0 Å². The van der Waals surface area contributed by atoms with Crippen molar-refractivity contribution in [2.45, 2.75) is 20.0 Å². The van der Waals surface area contributed by atoms with Crippen molar-refractivity contribution in [3.63, 3.8) is 0 Å². The molecule has 2 aromatic heterocycles. The van der Waals surface area contributed by atoms with E-state index < -0.39 is 0 Å². The lowest BCUT2D eigenvalue weighted by molar-refractivity contribution is -0.118. The van der Waals surface area contributed by atoms with Gasteiger partial charge in [-0.1, -0.05) is 23.7 Å². The standard InChI is InChI=1S/C16H16ClN5O2/c1-11(23)18-6-7-22-15-14(8-20-22)16(24)21(10-19-15)9-12-2-4-13(17)5-3-12/h2-5,8,10H,6-7,9H2,1H3,(H,18,23). The highest BCUT2D eigenvalue weighted by Gasteiger charge is 2.10. The molecule has 0 saturated heterocycles. The van der Waals surface area contributed by atoms with Crippen molar-refractivity contribution in [3.05, 3.63) is 57.7 Å². The maximum atomic E-state index is 12.6. The van der Waals surface area contributed by atoms with Gasteiger partial charge in [0.05, 0.1) is 19.3 Å². The van der Waals surface area contributed by atoms with Gasteiger partial charge in [-0.15, -0.1) is 0 Å². The Bertz CT molecular complexity index is 930. The average molecular weight is 346 g/mol. The molecule has 0 aliphatic carbocycles. The van der Waals surface area contributed by atoms with Crippen LogP contribution in [0.15, 0.2) is 41.6 Å². The van der Waals surface area contributed by atoms with Gasteiger partial charge in [-0.3, -0.25) is 14.2 Å². The molecule has 1 amide bonds. The van der Waals surface area contributed by atoms with Crippen molar-refractivity contribution in [3.8, 4) is 0 Å². The van der Waals surface area contributed by atoms with Crippen LogP contribution in [-0.2, 0) is 17.9 Å². The van der Waals surface area contributed by atoms with Gasteiger partial charge in [-0.2, -0.15) is 5.10 Å². The topological polar surface area (TPSA) is 81.8 Å². The number of amides is 1. The molecule has 0 saturated carbocycles. The van der Waals surface area contributed by atoms with Crippen LogP contribution in [0.3, 0.4) is 0 Å². The molecule has 7 nitrogen and oxygen atoms in total. The third kappa shape index (κ3) is 3.46. The number of hydrogen-bond donors (Lipinski definition) is 1. The number of halogens is 1. The molecule has 0 aliphatic rings. The SMILES string of the molecule is CC(=O)NCCn1ncc2c(=O)n(Cc3ccc(Cl)cc3)cnc21. The van der Waals surface area contributed by atoms with Crippen molar-refractivity contribution >= 4 is 28.5 Å². The quantitative estimate of drug-likeness (QED) is 0.758. The Morgan fingerprint density at radius 2 is 2.04 bits per heavy atom. The lowest BCUT2D eigenvalue weighted by Crippen LogP contribution is -2.25. The number of fused-ring (bicyclic) bond motifs is 1. The summed E-state index contributed by atoms with van der Waals surface area (Å²) in [4.78, 5) is 27.8. The molecular weight excluding hydrogens is 330 g/mol. The number of carbonyl (C=O) groups is 1. The first kappa shape index (κ1) is 16.2. The van der Waals surface area contributed by atoms with Crippen LogP contribution in [0, 0.1) is 0 Å². The van der Waals surface area contributed by atoms with Gasteiger partial charge >= 0.3 is 0 Å². The number of nitrogens with zero attached hydrogens (tertiary/aromatic N) is 4. The summed E-state index contributed by atoms with van der Waals surface area (Å²) in [6.45, 7) is 2.75. The van der Waals surface area contributed by atoms with Gasteiger partial charge in [-0.25, -0.2) is 9.67 Å². The maximum Gasteiger partial charge on any atom is 0.264 e. The van der Waals surface area contributed by atoms with Crippen molar-refractivity contribution in [1.82, 2.24) is 24.6 Å². The molecule has 0 unspecified atom stereocenters. The third-order valence-corrected chi connectivity index (χ3v) is 3.84. The van der Waals surface area contributed by atoms with E-state index >= 15 is 0 Å². The third-order valence-electron chi connectivity index (χ3n) is 3.59. The fourth-order valence-corrected chi connectivity index (χ4v) is 2.52. The summed E-state index contributed by atoms with van der Waals surface area (Å²) >= 11 is 5.87. The summed E-state index contributed by atoms with van der Waals surface area (Å²) in [7, 11) is 0. The fourth-order valence-electron chi connectivity index (χ4n) is 2.40. The van der Waals surface area contributed by atoms with Crippen LogP contribution in [0.2, 0.25) is 5.02 Å². The number of nitrogens with one attached hydrogen (secondary N) is 1. The van der Waals surface area contributed by atoms with Gasteiger partial charge in [0.2, 0.25) is 5.91 Å². The van der Waals surface area contributed by atoms with Crippen LogP contribution < -0.4 is 10.9 Å². The molecule has 1 aromatic carbocycles. The van der Waals surface area contributed by atoms with Crippen LogP contribution >= 0.6 is 11.6 Å². The minimum atomic E-state index is -0.152. The zero-order valence-corrected chi connectivity index (χ0v) is 13.8. The van der Waals surface area contributed by atoms with Crippen LogP contribution in [0.1, 0.15) is 12.5 Å². The van der Waals surface area contributed by atoms with Crippen LogP contribution in [-0.4, -0.2) is 31.8 Å². The van der Waals surface area contributed by atoms with Gasteiger partial charge in [0.1, 0.15) is 11.7 Å². The Morgan fingerprint density at radius 3 is 2.75 bits per heavy atom. The fraction of sp³-hybridized carbons (Fsp3) is 0.250. The summed E-state index contributed by atoms with van der Waals surface area (Å²) in [5.74, 6) is -0.107. The molecule has 0 atom stereocenters. The first-order chi connectivity index (χ1) is 11.5. The molecule has 2 heterocycles. The van der Waals surface area contributed by atoms with E-state index in [2.05, 4.69) is 15.4 Å². The Balaban J connectivity index is 1.84. The molecule has 0 radical (unpaired) electrons. The normalized spacial score (nSPS) is 10.9. The van der Waals surface area contributed by atoms with Gasteiger partial charge in [0.15, 0.2) is 5.65 Å². The minimum Gasteiger partial charge on any atom is -0.354 e. The maximum absolute atomic E-state index is 12.6. The lowest BCUT2D eigenvalue weighted by atomic mass is 10.2. The number of benzene rings is 1. The van der Waals surface area contributed by atoms with Gasteiger partial charge in [0, 0.05) is 18.5 Å². The molecule has 3 rings (SSSR count). The summed E-state index contributed by atoms with van der Waals surface area (Å²) < 4.78 is 3.14. The average Bonchev–Trinajstić information content (AvgIpc) is 2.96. The molecule has 0 aliphatic heterocycles. The largest absolute Gasteiger partial charge is 0.354 e. The predicted octanol–water partition coefficient (Wildman–Crippen LogP) is 1.43. The van der Waals surface area contributed by atoms with E-state index in [0.717, 1.165) is 5.56 Å². The predicted molar refractivity (Wildman–Crippen MR) is 91.0 cm³/mol. The second-order valence-electron chi connectivity index (χ2n) is 5.39. The molecule has 8 heteroatoms. The second-order valence-corrected chi connectivity index (χ2v) is 5.83. The second kappa shape index (κ2) is 6.84. The van der Waals surface area contributed by atoms with E-state index in [-0.39, 0.29) is 11.5 Å². The molecule has 124 valence electrons. The molecule has 0 fully saturated rings. The Kier molecular flexibility index (Phi) is 4.61. The summed E-state index contributed by atoms with van der Waals surface area (Å²) in [5.41, 5.74) is 1.32. The highest BCUT2D eigenvalue weighted by Crippen LogP contribution is 2.11. The van der Waals surface area contributed by atoms with Crippen LogP contribution in [0.5, 0.6) is 0 Å². The minimum absolute atomic E-state index is 0.107. The van der Waals surface area contributed by atoms with Gasteiger partial charge in [0.25, 0.3) is 5.56 Å². The highest BCUT2D eigenvalue weighted by molar-refractivity contribution is 6.30.